The molecule has 0 aromatic carbocycles. The lowest BCUT2D eigenvalue weighted by Gasteiger charge is -2.18. The average molecular weight is 467 g/mol. The molecule has 0 fully saturated rings. The van der Waals surface area contributed by atoms with Crippen LogP contribution in [-0.4, -0.2) is 24.6 Å². The van der Waals surface area contributed by atoms with Gasteiger partial charge in [-0.25, -0.2) is 9.59 Å². The summed E-state index contributed by atoms with van der Waals surface area (Å²) in [5.41, 5.74) is 0. The van der Waals surface area contributed by atoms with Crippen LogP contribution in [0.25, 0.3) is 0 Å². The third kappa shape index (κ3) is 21.0. The van der Waals surface area contributed by atoms with Crippen LogP contribution in [0.1, 0.15) is 143 Å². The predicted molar refractivity (Wildman–Crippen MR) is 139 cm³/mol. The largest absolute Gasteiger partial charge is 0.463 e. The fraction of sp³-hybridized carbons (Fsp3) is 0.862. The average Bonchev–Trinajstić information content (AvgIpc) is 2.82. The van der Waals surface area contributed by atoms with Gasteiger partial charge in [0.2, 0.25) is 0 Å². The number of hydrogen-bond donors (Lipinski definition) is 0. The highest BCUT2D eigenvalue weighted by molar-refractivity contribution is 5.91. The van der Waals surface area contributed by atoms with Crippen LogP contribution in [0.4, 0.5) is 0 Å². The first-order valence-electron chi connectivity index (χ1n) is 14.1. The van der Waals surface area contributed by atoms with Crippen LogP contribution in [0, 0.1) is 5.92 Å². The van der Waals surface area contributed by atoms with Gasteiger partial charge in [0.15, 0.2) is 0 Å². The van der Waals surface area contributed by atoms with E-state index in [1.54, 1.807) is 0 Å². The van der Waals surface area contributed by atoms with Crippen molar-refractivity contribution in [1.29, 1.82) is 0 Å². The summed E-state index contributed by atoms with van der Waals surface area (Å²) in [6.07, 6.45) is 24.2. The molecule has 0 saturated heterocycles. The highest BCUT2D eigenvalue weighted by Crippen LogP contribution is 2.18. The first-order valence-corrected chi connectivity index (χ1v) is 14.1. The molecule has 0 N–H and O–H groups in total. The second kappa shape index (κ2) is 23.8. The van der Waals surface area contributed by atoms with E-state index in [1.165, 1.54) is 82.8 Å². The molecule has 0 amide bonds. The molecule has 0 heterocycles. The van der Waals surface area contributed by atoms with Crippen LogP contribution in [0.2, 0.25) is 0 Å². The second-order valence-corrected chi connectivity index (χ2v) is 9.47. The minimum Gasteiger partial charge on any atom is -0.463 e. The summed E-state index contributed by atoms with van der Waals surface area (Å²) in [5, 5.41) is 0. The number of unbranched alkanes of at least 4 members (excludes halogenated alkanes) is 12. The molecule has 0 aromatic rings. The smallest absolute Gasteiger partial charge is 0.331 e. The Bertz CT molecular complexity index is 482. The zero-order valence-electron chi connectivity index (χ0n) is 22.4. The molecular weight excluding hydrogens is 412 g/mol. The molecule has 0 aromatic heterocycles. The van der Waals surface area contributed by atoms with Crippen LogP contribution in [-0.2, 0) is 19.1 Å². The summed E-state index contributed by atoms with van der Waals surface area (Å²) < 4.78 is 10.7. The summed E-state index contributed by atoms with van der Waals surface area (Å²) in [6.45, 7) is 9.11. The standard InChI is InChI=1S/C29H54O4/c1-5-9-10-11-12-13-14-15-16-17-18-19-20-25-32-28(30)23-24-29(31)33-27(8-4)22-21-26(6-2)7-3/h23-24,26-27H,5-22,25H2,1-4H3/b24-23+. The highest BCUT2D eigenvalue weighted by atomic mass is 16.5. The SMILES string of the molecule is CCCCCCCCCCCCCCCOC(=O)/C=C/C(=O)OC(CC)CCC(CC)CC. The van der Waals surface area contributed by atoms with E-state index in [2.05, 4.69) is 20.8 Å². The maximum atomic E-state index is 12.0. The van der Waals surface area contributed by atoms with Crippen LogP contribution in [0.15, 0.2) is 12.2 Å². The Morgan fingerprint density at radius 2 is 1.09 bits per heavy atom. The Balaban J connectivity index is 3.67. The van der Waals surface area contributed by atoms with Crippen molar-refractivity contribution in [2.24, 2.45) is 5.92 Å². The lowest BCUT2D eigenvalue weighted by molar-refractivity contribution is -0.144. The van der Waals surface area contributed by atoms with Crippen LogP contribution >= 0.6 is 0 Å². The van der Waals surface area contributed by atoms with Gasteiger partial charge in [-0.05, 0) is 31.6 Å². The van der Waals surface area contributed by atoms with E-state index in [4.69, 9.17) is 9.47 Å². The van der Waals surface area contributed by atoms with E-state index in [1.807, 2.05) is 6.92 Å². The van der Waals surface area contributed by atoms with E-state index < -0.39 is 11.9 Å². The van der Waals surface area contributed by atoms with E-state index in [0.29, 0.717) is 12.5 Å². The Labute approximate surface area is 205 Å². The van der Waals surface area contributed by atoms with Crippen molar-refractivity contribution in [2.45, 2.75) is 149 Å². The van der Waals surface area contributed by atoms with E-state index in [-0.39, 0.29) is 6.10 Å². The fourth-order valence-corrected chi connectivity index (χ4v) is 4.15. The topological polar surface area (TPSA) is 52.6 Å². The molecule has 194 valence electrons. The maximum absolute atomic E-state index is 12.0. The summed E-state index contributed by atoms with van der Waals surface area (Å²) in [4.78, 5) is 23.8. The van der Waals surface area contributed by atoms with Crippen molar-refractivity contribution in [3.05, 3.63) is 12.2 Å². The van der Waals surface area contributed by atoms with E-state index in [9.17, 15) is 9.59 Å². The molecule has 4 nitrogen and oxygen atoms in total. The van der Waals surface area contributed by atoms with Crippen molar-refractivity contribution >= 4 is 11.9 Å². The highest BCUT2D eigenvalue weighted by Gasteiger charge is 2.13. The molecule has 0 bridgehead atoms. The summed E-state index contributed by atoms with van der Waals surface area (Å²) in [7, 11) is 0. The lowest BCUT2D eigenvalue weighted by Crippen LogP contribution is -2.17. The molecule has 0 spiro atoms. The molecule has 33 heavy (non-hydrogen) atoms. The first-order chi connectivity index (χ1) is 16.1. The zero-order chi connectivity index (χ0) is 24.6. The molecule has 0 saturated carbocycles. The first kappa shape index (κ1) is 31.7. The van der Waals surface area contributed by atoms with Gasteiger partial charge in [0.25, 0.3) is 0 Å². The quantitative estimate of drug-likeness (QED) is 0.0858. The third-order valence-electron chi connectivity index (χ3n) is 6.64. The monoisotopic (exact) mass is 466 g/mol. The number of rotatable bonds is 23. The van der Waals surface area contributed by atoms with Gasteiger partial charge in [0, 0.05) is 12.2 Å². The maximum Gasteiger partial charge on any atom is 0.331 e. The Morgan fingerprint density at radius 3 is 1.58 bits per heavy atom. The zero-order valence-corrected chi connectivity index (χ0v) is 22.4. The van der Waals surface area contributed by atoms with Crippen molar-refractivity contribution in [3.8, 4) is 0 Å². The van der Waals surface area contributed by atoms with E-state index >= 15 is 0 Å². The molecule has 4 heteroatoms. The van der Waals surface area contributed by atoms with Gasteiger partial charge in [-0.15, -0.1) is 0 Å². The Morgan fingerprint density at radius 1 is 0.606 bits per heavy atom. The van der Waals surface area contributed by atoms with Crippen molar-refractivity contribution < 1.29 is 19.1 Å². The van der Waals surface area contributed by atoms with Gasteiger partial charge in [0.05, 0.1) is 6.61 Å². The number of esters is 2. The molecule has 1 unspecified atom stereocenters. The molecule has 0 aliphatic heterocycles. The summed E-state index contributed by atoms with van der Waals surface area (Å²) >= 11 is 0. The number of carbonyl (C=O) groups is 2. The fourth-order valence-electron chi connectivity index (χ4n) is 4.15. The molecule has 0 aliphatic rings. The minimum absolute atomic E-state index is 0.0791. The van der Waals surface area contributed by atoms with Crippen LogP contribution in [0.5, 0.6) is 0 Å². The minimum atomic E-state index is -0.462. The van der Waals surface area contributed by atoms with Crippen LogP contribution < -0.4 is 0 Å². The van der Waals surface area contributed by atoms with Crippen molar-refractivity contribution in [1.82, 2.24) is 0 Å². The predicted octanol–water partition coefficient (Wildman–Crippen LogP) is 8.72. The summed E-state index contributed by atoms with van der Waals surface area (Å²) in [6, 6.07) is 0. The van der Waals surface area contributed by atoms with Gasteiger partial charge < -0.3 is 9.47 Å². The molecule has 0 radical (unpaired) electrons. The molecule has 0 rings (SSSR count). The van der Waals surface area contributed by atoms with E-state index in [0.717, 1.165) is 44.9 Å². The Hall–Kier alpha value is -1.32. The Kier molecular flexibility index (Phi) is 22.9. The van der Waals surface area contributed by atoms with Gasteiger partial charge >= 0.3 is 11.9 Å². The number of hydrogen-bond acceptors (Lipinski definition) is 4. The third-order valence-corrected chi connectivity index (χ3v) is 6.64. The molecule has 0 aliphatic carbocycles. The van der Waals surface area contributed by atoms with Crippen molar-refractivity contribution in [2.75, 3.05) is 6.61 Å². The molecule has 1 atom stereocenters. The lowest BCUT2D eigenvalue weighted by atomic mass is 9.95. The normalized spacial score (nSPS) is 12.4. The molecular formula is C29H54O4. The van der Waals surface area contributed by atoms with Gasteiger partial charge in [-0.1, -0.05) is 118 Å². The number of carbonyl (C=O) groups excluding carboxylic acids is 2. The number of ether oxygens (including phenoxy) is 2. The van der Waals surface area contributed by atoms with Gasteiger partial charge in [-0.2, -0.15) is 0 Å². The summed E-state index contributed by atoms with van der Waals surface area (Å²) in [5.74, 6) is -0.228. The van der Waals surface area contributed by atoms with Crippen molar-refractivity contribution in [3.63, 3.8) is 0 Å². The van der Waals surface area contributed by atoms with Gasteiger partial charge in [-0.3, -0.25) is 0 Å². The van der Waals surface area contributed by atoms with Gasteiger partial charge in [0.1, 0.15) is 6.10 Å². The van der Waals surface area contributed by atoms with Crippen LogP contribution in [0.3, 0.4) is 0 Å². The second-order valence-electron chi connectivity index (χ2n) is 9.47.